The van der Waals surface area contributed by atoms with Gasteiger partial charge in [0.1, 0.15) is 0 Å². The average Bonchev–Trinajstić information content (AvgIpc) is 2.92. The summed E-state index contributed by atoms with van der Waals surface area (Å²) in [5.74, 6) is 3.34. The van der Waals surface area contributed by atoms with Crippen LogP contribution in [-0.4, -0.2) is 34.1 Å². The molecule has 24 heavy (non-hydrogen) atoms. The Morgan fingerprint density at radius 1 is 0.917 bits per heavy atom. The van der Waals surface area contributed by atoms with Crippen LogP contribution in [0.1, 0.15) is 71.6 Å². The maximum atomic E-state index is 10.3. The van der Waals surface area contributed by atoms with E-state index in [1.807, 2.05) is 0 Å². The van der Waals surface area contributed by atoms with E-state index in [1.54, 1.807) is 0 Å². The molecule has 138 valence electrons. The molecule has 0 saturated heterocycles. The molecule has 4 rings (SSSR count). The van der Waals surface area contributed by atoms with Gasteiger partial charge in [-0.05, 0) is 98.2 Å². The van der Waals surface area contributed by atoms with Crippen molar-refractivity contribution in [3.8, 4) is 0 Å². The Bertz CT molecular complexity index is 480. The van der Waals surface area contributed by atoms with Crippen LogP contribution in [0.4, 0.5) is 0 Å². The van der Waals surface area contributed by atoms with Crippen LogP contribution in [0.5, 0.6) is 0 Å². The minimum atomic E-state index is -0.534. The van der Waals surface area contributed by atoms with E-state index >= 15 is 0 Å². The van der Waals surface area contributed by atoms with E-state index in [9.17, 15) is 15.3 Å². The molecule has 0 amide bonds. The summed E-state index contributed by atoms with van der Waals surface area (Å²) in [6.07, 6.45) is 10.0. The van der Waals surface area contributed by atoms with E-state index in [2.05, 4.69) is 13.8 Å². The molecule has 0 bridgehead atoms. The quantitative estimate of drug-likeness (QED) is 0.724. The molecule has 0 aliphatic heterocycles. The van der Waals surface area contributed by atoms with Crippen LogP contribution in [0.15, 0.2) is 0 Å². The first-order valence-corrected chi connectivity index (χ1v) is 10.4. The fourth-order valence-electron chi connectivity index (χ4n) is 8.04. The van der Waals surface area contributed by atoms with E-state index in [4.69, 9.17) is 0 Å². The first-order chi connectivity index (χ1) is 11.4. The molecular weight excluding hydrogens is 300 g/mol. The molecular formula is C21H36O3. The number of hydrogen-bond donors (Lipinski definition) is 3. The molecule has 4 aliphatic rings. The molecule has 3 heteroatoms. The van der Waals surface area contributed by atoms with Crippen molar-refractivity contribution in [3.63, 3.8) is 0 Å². The Balaban J connectivity index is 1.59. The molecule has 4 saturated carbocycles. The van der Waals surface area contributed by atoms with Gasteiger partial charge in [0.05, 0.1) is 18.8 Å². The number of rotatable bonds is 2. The Hall–Kier alpha value is -0.120. The first-order valence-electron chi connectivity index (χ1n) is 10.4. The third-order valence-corrected chi connectivity index (χ3v) is 9.36. The average molecular weight is 337 g/mol. The van der Waals surface area contributed by atoms with Crippen molar-refractivity contribution < 1.29 is 15.3 Å². The SMILES string of the molecule is C[C@]12CC[C@@H](O)C[C@H]1CC[C@@H]1[C@@H]2CC[C@]2(C)[C@@H](C(O)CO)CC[C@@H]12. The number of fused-ring (bicyclic) bond motifs is 5. The van der Waals surface area contributed by atoms with Gasteiger partial charge in [-0.2, -0.15) is 0 Å². The molecule has 0 aromatic heterocycles. The van der Waals surface area contributed by atoms with Gasteiger partial charge in [-0.25, -0.2) is 0 Å². The topological polar surface area (TPSA) is 60.7 Å². The van der Waals surface area contributed by atoms with E-state index in [0.29, 0.717) is 11.3 Å². The fraction of sp³-hybridized carbons (Fsp3) is 1.00. The molecule has 0 aromatic rings. The van der Waals surface area contributed by atoms with Crippen molar-refractivity contribution in [1.29, 1.82) is 0 Å². The van der Waals surface area contributed by atoms with E-state index < -0.39 is 6.10 Å². The molecule has 0 radical (unpaired) electrons. The van der Waals surface area contributed by atoms with E-state index in [-0.39, 0.29) is 24.0 Å². The predicted molar refractivity (Wildman–Crippen MR) is 94.3 cm³/mol. The van der Waals surface area contributed by atoms with Crippen LogP contribution in [0.3, 0.4) is 0 Å². The zero-order valence-electron chi connectivity index (χ0n) is 15.5. The van der Waals surface area contributed by atoms with Gasteiger partial charge in [0.25, 0.3) is 0 Å². The van der Waals surface area contributed by atoms with Gasteiger partial charge in [-0.3, -0.25) is 0 Å². The van der Waals surface area contributed by atoms with E-state index in [1.165, 1.54) is 38.5 Å². The number of aliphatic hydroxyl groups is 3. The Labute approximate surface area is 146 Å². The van der Waals surface area contributed by atoms with Crippen molar-refractivity contribution in [2.45, 2.75) is 83.8 Å². The summed E-state index contributed by atoms with van der Waals surface area (Å²) in [4.78, 5) is 0. The highest BCUT2D eigenvalue weighted by Gasteiger charge is 2.60. The van der Waals surface area contributed by atoms with Gasteiger partial charge in [0.2, 0.25) is 0 Å². The predicted octanol–water partition coefficient (Wildman–Crippen LogP) is 3.36. The summed E-state index contributed by atoms with van der Waals surface area (Å²) < 4.78 is 0. The van der Waals surface area contributed by atoms with Crippen molar-refractivity contribution in [2.75, 3.05) is 6.61 Å². The second-order valence-corrected chi connectivity index (χ2v) is 10.1. The Morgan fingerprint density at radius 2 is 1.62 bits per heavy atom. The molecule has 1 unspecified atom stereocenters. The lowest BCUT2D eigenvalue weighted by molar-refractivity contribution is -0.134. The van der Waals surface area contributed by atoms with Gasteiger partial charge in [0.15, 0.2) is 0 Å². The normalized spacial score (nSPS) is 55.4. The molecule has 3 N–H and O–H groups in total. The molecule has 0 spiro atoms. The summed E-state index contributed by atoms with van der Waals surface area (Å²) in [5, 5.41) is 29.9. The van der Waals surface area contributed by atoms with Gasteiger partial charge in [-0.1, -0.05) is 13.8 Å². The fourth-order valence-corrected chi connectivity index (χ4v) is 8.04. The second kappa shape index (κ2) is 5.96. The Kier molecular flexibility index (Phi) is 4.29. The molecule has 0 aromatic carbocycles. The molecule has 4 aliphatic carbocycles. The van der Waals surface area contributed by atoms with Crippen LogP contribution >= 0.6 is 0 Å². The largest absolute Gasteiger partial charge is 0.394 e. The van der Waals surface area contributed by atoms with Crippen LogP contribution in [0.25, 0.3) is 0 Å². The molecule has 4 fully saturated rings. The summed E-state index contributed by atoms with van der Waals surface area (Å²) in [7, 11) is 0. The third kappa shape index (κ3) is 2.34. The lowest BCUT2D eigenvalue weighted by atomic mass is 9.44. The van der Waals surface area contributed by atoms with Crippen LogP contribution in [0.2, 0.25) is 0 Å². The lowest BCUT2D eigenvalue weighted by Crippen LogP contribution is -2.54. The van der Waals surface area contributed by atoms with Crippen LogP contribution in [0, 0.1) is 40.4 Å². The highest BCUT2D eigenvalue weighted by molar-refractivity contribution is 5.10. The third-order valence-electron chi connectivity index (χ3n) is 9.36. The minimum Gasteiger partial charge on any atom is -0.394 e. The maximum absolute atomic E-state index is 10.3. The van der Waals surface area contributed by atoms with Crippen LogP contribution in [-0.2, 0) is 0 Å². The van der Waals surface area contributed by atoms with Crippen molar-refractivity contribution in [1.82, 2.24) is 0 Å². The highest BCUT2D eigenvalue weighted by Crippen LogP contribution is 2.67. The monoisotopic (exact) mass is 336 g/mol. The first kappa shape index (κ1) is 17.3. The summed E-state index contributed by atoms with van der Waals surface area (Å²) >= 11 is 0. The zero-order valence-corrected chi connectivity index (χ0v) is 15.5. The van der Waals surface area contributed by atoms with Crippen molar-refractivity contribution in [2.24, 2.45) is 40.4 Å². The molecule has 3 nitrogen and oxygen atoms in total. The summed E-state index contributed by atoms with van der Waals surface area (Å²) in [6, 6.07) is 0. The summed E-state index contributed by atoms with van der Waals surface area (Å²) in [5.41, 5.74) is 0.651. The number of aliphatic hydroxyl groups excluding tert-OH is 3. The number of hydrogen-bond acceptors (Lipinski definition) is 3. The smallest absolute Gasteiger partial charge is 0.0804 e. The van der Waals surface area contributed by atoms with Crippen molar-refractivity contribution in [3.05, 3.63) is 0 Å². The van der Waals surface area contributed by atoms with Crippen LogP contribution < -0.4 is 0 Å². The maximum Gasteiger partial charge on any atom is 0.0804 e. The van der Waals surface area contributed by atoms with E-state index in [0.717, 1.165) is 37.0 Å². The van der Waals surface area contributed by atoms with Gasteiger partial charge < -0.3 is 15.3 Å². The van der Waals surface area contributed by atoms with Gasteiger partial charge in [0, 0.05) is 0 Å². The standard InChI is InChI=1S/C21H36O3/c1-20-9-7-14(23)11-13(20)3-4-15-16-5-6-18(19(24)12-22)21(16,2)10-8-17(15)20/h13-19,22-24H,3-12H2,1-2H3/t13-,14-,15+,16+,17+,18-,19?,20+,21+/m1/s1. The Morgan fingerprint density at radius 3 is 2.38 bits per heavy atom. The van der Waals surface area contributed by atoms with Gasteiger partial charge >= 0.3 is 0 Å². The second-order valence-electron chi connectivity index (χ2n) is 10.1. The highest BCUT2D eigenvalue weighted by atomic mass is 16.3. The molecule has 9 atom stereocenters. The zero-order chi connectivity index (χ0) is 17.1. The van der Waals surface area contributed by atoms with Crippen molar-refractivity contribution >= 4 is 0 Å². The molecule has 0 heterocycles. The van der Waals surface area contributed by atoms with Gasteiger partial charge in [-0.15, -0.1) is 0 Å². The summed E-state index contributed by atoms with van der Waals surface area (Å²) in [6.45, 7) is 4.85. The minimum absolute atomic E-state index is 0.0657. The lowest BCUT2D eigenvalue weighted by Gasteiger charge is -2.61.